The zero-order chi connectivity index (χ0) is 39.5. The molecule has 0 saturated heterocycles. The monoisotopic (exact) mass is 734 g/mol. The van der Waals surface area contributed by atoms with E-state index in [0.717, 1.165) is 0 Å². The molecule has 0 spiro atoms. The van der Waals surface area contributed by atoms with Crippen molar-refractivity contribution in [3.63, 3.8) is 0 Å². The van der Waals surface area contributed by atoms with E-state index in [9.17, 15) is 53.4 Å². The molecule has 1 aromatic carbocycles. The number of aliphatic carboxylic acids is 2. The summed E-state index contributed by atoms with van der Waals surface area (Å²) in [6, 6.07) is 0.304. The number of benzene rings is 1. The number of nitrogens with two attached hydrogens (primary N) is 3. The van der Waals surface area contributed by atoms with Gasteiger partial charge in [0.2, 0.25) is 41.4 Å². The SMILES string of the molecule is CC(C)C[C@H](NC(=O)[C@@H](N)CCC(N)=O)C(=O)N[C@@H](CCC(=O)O)C(=O)N[C@@H](C)C(=O)N[C@@H](CCC(N)=O)C(=O)N[C@@H](Cc1ccccc1)C(=O)O. The van der Waals surface area contributed by atoms with Crippen LogP contribution in [0.5, 0.6) is 0 Å². The standard InChI is InChI=1S/C33H50N8O11/c1-17(2)15-23(40-29(47)20(34)9-12-25(35)42)32(50)39-22(11-14-27(44)45)30(48)37-18(3)28(46)38-21(10-13-26(36)43)31(49)41-24(33(51)52)16-19-7-5-4-6-8-19/h4-8,17-18,20-24H,9-16,34H2,1-3H3,(H2,35,42)(H2,36,43)(H,37,48)(H,38,46)(H,39,50)(H,40,47)(H,41,49)(H,44,45)(H,51,52)/t18-,20-,21-,22-,23-,24-/m0/s1. The average molecular weight is 735 g/mol. The number of hydrogen-bond acceptors (Lipinski definition) is 10. The summed E-state index contributed by atoms with van der Waals surface area (Å²) in [4.78, 5) is 111. The summed E-state index contributed by atoms with van der Waals surface area (Å²) in [6.07, 6.45) is -1.90. The van der Waals surface area contributed by atoms with Crippen molar-refractivity contribution < 1.29 is 53.4 Å². The van der Waals surface area contributed by atoms with Gasteiger partial charge in [-0.15, -0.1) is 0 Å². The van der Waals surface area contributed by atoms with E-state index >= 15 is 0 Å². The van der Waals surface area contributed by atoms with E-state index in [0.29, 0.717) is 5.56 Å². The van der Waals surface area contributed by atoms with Crippen LogP contribution in [0.4, 0.5) is 0 Å². The topological polar surface area (TPSA) is 332 Å². The van der Waals surface area contributed by atoms with E-state index in [-0.39, 0.29) is 44.4 Å². The maximum atomic E-state index is 13.3. The van der Waals surface area contributed by atoms with Crippen LogP contribution >= 0.6 is 0 Å². The van der Waals surface area contributed by atoms with Gasteiger partial charge in [0.05, 0.1) is 6.04 Å². The first-order chi connectivity index (χ1) is 24.3. The third-order valence-electron chi connectivity index (χ3n) is 7.62. The molecule has 0 aliphatic rings. The van der Waals surface area contributed by atoms with Crippen molar-refractivity contribution in [3.8, 4) is 0 Å². The van der Waals surface area contributed by atoms with Crippen LogP contribution in [0.2, 0.25) is 0 Å². The maximum Gasteiger partial charge on any atom is 0.326 e. The Kier molecular flexibility index (Phi) is 19.0. The molecule has 0 unspecified atom stereocenters. The minimum atomic E-state index is -1.50. The van der Waals surface area contributed by atoms with Gasteiger partial charge in [-0.1, -0.05) is 44.2 Å². The van der Waals surface area contributed by atoms with Crippen LogP contribution in [-0.2, 0) is 49.6 Å². The van der Waals surface area contributed by atoms with Crippen molar-refractivity contribution in [2.75, 3.05) is 0 Å². The lowest BCUT2D eigenvalue weighted by atomic mass is 10.0. The molecule has 0 bridgehead atoms. The molecule has 13 N–H and O–H groups in total. The molecule has 7 amide bonds. The number of carbonyl (C=O) groups is 9. The van der Waals surface area contributed by atoms with Gasteiger partial charge in [-0.3, -0.25) is 38.4 Å². The molecule has 1 rings (SSSR count). The minimum Gasteiger partial charge on any atom is -0.481 e. The highest BCUT2D eigenvalue weighted by Gasteiger charge is 2.32. The molecule has 0 aliphatic heterocycles. The van der Waals surface area contributed by atoms with Gasteiger partial charge in [0.15, 0.2) is 0 Å². The summed E-state index contributed by atoms with van der Waals surface area (Å²) < 4.78 is 0. The molecule has 0 aromatic heterocycles. The fraction of sp³-hybridized carbons (Fsp3) is 0.545. The zero-order valence-electron chi connectivity index (χ0n) is 29.4. The highest BCUT2D eigenvalue weighted by molar-refractivity contribution is 5.96. The summed E-state index contributed by atoms with van der Waals surface area (Å²) in [5.41, 5.74) is 16.8. The smallest absolute Gasteiger partial charge is 0.326 e. The summed E-state index contributed by atoms with van der Waals surface area (Å²) in [5.74, 6) is -8.72. The van der Waals surface area contributed by atoms with Crippen LogP contribution in [0.15, 0.2) is 30.3 Å². The quantitative estimate of drug-likeness (QED) is 0.0528. The van der Waals surface area contributed by atoms with Gasteiger partial charge in [-0.05, 0) is 44.1 Å². The normalized spacial score (nSPS) is 14.3. The van der Waals surface area contributed by atoms with Crippen LogP contribution < -0.4 is 43.8 Å². The average Bonchev–Trinajstić information content (AvgIpc) is 3.06. The predicted molar refractivity (Wildman–Crippen MR) is 184 cm³/mol. The number of carbonyl (C=O) groups excluding carboxylic acids is 7. The molecular weight excluding hydrogens is 684 g/mol. The van der Waals surface area contributed by atoms with E-state index in [2.05, 4.69) is 26.6 Å². The van der Waals surface area contributed by atoms with Crippen molar-refractivity contribution in [2.24, 2.45) is 23.1 Å². The fourth-order valence-electron chi connectivity index (χ4n) is 4.77. The van der Waals surface area contributed by atoms with Gasteiger partial charge >= 0.3 is 11.9 Å². The second kappa shape index (κ2) is 22.3. The molecule has 19 heteroatoms. The first kappa shape index (κ1) is 44.4. The molecule has 288 valence electrons. The van der Waals surface area contributed by atoms with Crippen molar-refractivity contribution in [1.82, 2.24) is 26.6 Å². The van der Waals surface area contributed by atoms with Crippen molar-refractivity contribution >= 4 is 53.3 Å². The lowest BCUT2D eigenvalue weighted by molar-refractivity contribution is -0.142. The lowest BCUT2D eigenvalue weighted by Crippen LogP contribution is -2.59. The van der Waals surface area contributed by atoms with Crippen LogP contribution in [0.1, 0.15) is 71.3 Å². The van der Waals surface area contributed by atoms with E-state index in [4.69, 9.17) is 17.2 Å². The highest BCUT2D eigenvalue weighted by atomic mass is 16.4. The highest BCUT2D eigenvalue weighted by Crippen LogP contribution is 2.09. The second-order valence-electron chi connectivity index (χ2n) is 12.7. The maximum absolute atomic E-state index is 13.3. The Balaban J connectivity index is 3.10. The molecular formula is C33H50N8O11. The van der Waals surface area contributed by atoms with Gasteiger partial charge in [0.25, 0.3) is 0 Å². The molecule has 0 radical (unpaired) electrons. The second-order valence-corrected chi connectivity index (χ2v) is 12.7. The fourth-order valence-corrected chi connectivity index (χ4v) is 4.77. The van der Waals surface area contributed by atoms with Crippen LogP contribution in [0, 0.1) is 5.92 Å². The zero-order valence-corrected chi connectivity index (χ0v) is 29.4. The Morgan fingerprint density at radius 2 is 1.06 bits per heavy atom. The Morgan fingerprint density at radius 3 is 1.58 bits per heavy atom. The largest absolute Gasteiger partial charge is 0.481 e. The Hall–Kier alpha value is -5.59. The van der Waals surface area contributed by atoms with Gasteiger partial charge in [-0.2, -0.15) is 0 Å². The van der Waals surface area contributed by atoms with Crippen molar-refractivity contribution in [2.45, 2.75) is 108 Å². The number of rotatable bonds is 24. The molecule has 0 fully saturated rings. The van der Waals surface area contributed by atoms with Crippen LogP contribution in [0.3, 0.4) is 0 Å². The summed E-state index contributed by atoms with van der Waals surface area (Å²) >= 11 is 0. The number of carboxylic acid groups (broad SMARTS) is 2. The van der Waals surface area contributed by atoms with Gasteiger partial charge < -0.3 is 54.0 Å². The number of hydrogen-bond donors (Lipinski definition) is 10. The van der Waals surface area contributed by atoms with E-state index in [1.807, 2.05) is 0 Å². The van der Waals surface area contributed by atoms with Gasteiger partial charge in [0, 0.05) is 25.7 Å². The summed E-state index contributed by atoms with van der Waals surface area (Å²) in [5, 5.41) is 30.9. The summed E-state index contributed by atoms with van der Waals surface area (Å²) in [6.45, 7) is 4.75. The molecule has 0 heterocycles. The lowest BCUT2D eigenvalue weighted by Gasteiger charge is -2.26. The Morgan fingerprint density at radius 1 is 0.596 bits per heavy atom. The molecule has 6 atom stereocenters. The molecule has 1 aromatic rings. The van der Waals surface area contributed by atoms with Crippen molar-refractivity contribution in [1.29, 1.82) is 0 Å². The molecule has 52 heavy (non-hydrogen) atoms. The number of amides is 7. The number of primary amides is 2. The number of nitrogens with one attached hydrogen (secondary N) is 5. The van der Waals surface area contributed by atoms with Crippen LogP contribution in [-0.4, -0.2) is 99.8 Å². The molecule has 0 aliphatic carbocycles. The molecule has 19 nitrogen and oxygen atoms in total. The number of carboxylic acids is 2. The minimum absolute atomic E-state index is 0.0837. The first-order valence-electron chi connectivity index (χ1n) is 16.6. The summed E-state index contributed by atoms with van der Waals surface area (Å²) in [7, 11) is 0. The van der Waals surface area contributed by atoms with Gasteiger partial charge in [-0.25, -0.2) is 4.79 Å². The Labute approximate surface area is 300 Å². The predicted octanol–water partition coefficient (Wildman–Crippen LogP) is -2.47. The van der Waals surface area contributed by atoms with E-state index in [1.165, 1.54) is 6.92 Å². The van der Waals surface area contributed by atoms with Crippen molar-refractivity contribution in [3.05, 3.63) is 35.9 Å². The van der Waals surface area contributed by atoms with E-state index in [1.54, 1.807) is 44.2 Å². The van der Waals surface area contributed by atoms with Crippen LogP contribution in [0.25, 0.3) is 0 Å². The van der Waals surface area contributed by atoms with Gasteiger partial charge in [0.1, 0.15) is 30.2 Å². The van der Waals surface area contributed by atoms with E-state index < -0.39 is 102 Å². The third-order valence-corrected chi connectivity index (χ3v) is 7.62. The Bertz CT molecular complexity index is 1440. The third kappa shape index (κ3) is 17.4. The first-order valence-corrected chi connectivity index (χ1v) is 16.6. The molecule has 0 saturated carbocycles.